The van der Waals surface area contributed by atoms with Crippen LogP contribution in [-0.2, 0) is 14.3 Å². The van der Waals surface area contributed by atoms with Gasteiger partial charge in [-0.2, -0.15) is 0 Å². The maximum Gasteiger partial charge on any atom is 0.344 e. The monoisotopic (exact) mass is 286 g/mol. The molecule has 0 N–H and O–H groups in total. The highest BCUT2D eigenvalue weighted by Crippen LogP contribution is 2.26. The molecule has 0 bridgehead atoms. The number of carbonyl (C=O) groups is 2. The molecule has 6 heteroatoms. The van der Waals surface area contributed by atoms with Crippen LogP contribution in [0.1, 0.15) is 17.3 Å². The minimum absolute atomic E-state index is 0.0508. The van der Waals surface area contributed by atoms with E-state index in [1.54, 1.807) is 13.0 Å². The summed E-state index contributed by atoms with van der Waals surface area (Å²) >= 11 is 11.7. The van der Waals surface area contributed by atoms with E-state index in [0.717, 1.165) is 0 Å². The van der Waals surface area contributed by atoms with Gasteiger partial charge in [-0.15, -0.1) is 0 Å². The maximum absolute atomic E-state index is 11.8. The standard InChI is InChI=1S/C12H8Cl2O4/c1-6-5-9(17-11(6)15)18-12(16)10-7(13)3-2-4-8(10)14/h2-5,9H,1H3. The molecule has 1 aromatic rings. The highest BCUT2D eigenvalue weighted by atomic mass is 35.5. The zero-order chi connectivity index (χ0) is 13.3. The summed E-state index contributed by atoms with van der Waals surface area (Å²) in [4.78, 5) is 22.9. The average Bonchev–Trinajstić information content (AvgIpc) is 2.57. The van der Waals surface area contributed by atoms with Gasteiger partial charge in [0.15, 0.2) is 0 Å². The molecular weight excluding hydrogens is 279 g/mol. The minimum atomic E-state index is -1.03. The van der Waals surface area contributed by atoms with Crippen molar-refractivity contribution >= 4 is 35.1 Å². The molecule has 2 rings (SSSR count). The number of esters is 2. The molecule has 4 nitrogen and oxygen atoms in total. The summed E-state index contributed by atoms with van der Waals surface area (Å²) in [5.74, 6) is -1.26. The molecule has 0 radical (unpaired) electrons. The van der Waals surface area contributed by atoms with E-state index < -0.39 is 18.2 Å². The lowest BCUT2D eigenvalue weighted by atomic mass is 10.2. The van der Waals surface area contributed by atoms with Gasteiger partial charge in [0.25, 0.3) is 6.29 Å². The van der Waals surface area contributed by atoms with Gasteiger partial charge in [0, 0.05) is 11.6 Å². The molecule has 0 spiro atoms. The molecule has 0 saturated heterocycles. The van der Waals surface area contributed by atoms with E-state index in [1.807, 2.05) is 0 Å². The van der Waals surface area contributed by atoms with Crippen molar-refractivity contribution in [3.63, 3.8) is 0 Å². The Balaban J connectivity index is 2.17. The van der Waals surface area contributed by atoms with Gasteiger partial charge in [0.1, 0.15) is 0 Å². The number of carbonyl (C=O) groups excluding carboxylic acids is 2. The van der Waals surface area contributed by atoms with Gasteiger partial charge in [-0.25, -0.2) is 9.59 Å². The third-order valence-electron chi connectivity index (χ3n) is 2.32. The van der Waals surface area contributed by atoms with Crippen molar-refractivity contribution < 1.29 is 19.1 Å². The van der Waals surface area contributed by atoms with Gasteiger partial charge in [0.05, 0.1) is 15.6 Å². The summed E-state index contributed by atoms with van der Waals surface area (Å²) in [5.41, 5.74) is 0.438. The smallest absolute Gasteiger partial charge is 0.344 e. The zero-order valence-electron chi connectivity index (χ0n) is 9.28. The molecule has 1 atom stereocenters. The van der Waals surface area contributed by atoms with Crippen LogP contribution in [0.2, 0.25) is 10.0 Å². The van der Waals surface area contributed by atoms with Crippen molar-refractivity contribution in [3.8, 4) is 0 Å². The number of cyclic esters (lactones) is 1. The summed E-state index contributed by atoms with van der Waals surface area (Å²) in [7, 11) is 0. The van der Waals surface area contributed by atoms with Crippen LogP contribution in [0.3, 0.4) is 0 Å². The second kappa shape index (κ2) is 5.00. The molecule has 0 aliphatic carbocycles. The molecule has 1 heterocycles. The van der Waals surface area contributed by atoms with Crippen LogP contribution in [0, 0.1) is 0 Å². The predicted octanol–water partition coefficient (Wildman–Crippen LogP) is 2.98. The molecule has 1 unspecified atom stereocenters. The Kier molecular flexibility index (Phi) is 3.59. The van der Waals surface area contributed by atoms with Crippen LogP contribution in [0.15, 0.2) is 29.8 Å². The van der Waals surface area contributed by atoms with Crippen molar-refractivity contribution in [2.24, 2.45) is 0 Å². The molecule has 0 aromatic heterocycles. The van der Waals surface area contributed by atoms with Crippen molar-refractivity contribution in [3.05, 3.63) is 45.5 Å². The van der Waals surface area contributed by atoms with E-state index >= 15 is 0 Å². The maximum atomic E-state index is 11.8. The molecule has 0 saturated carbocycles. The summed E-state index contributed by atoms with van der Waals surface area (Å²) in [6.45, 7) is 1.57. The second-order valence-electron chi connectivity index (χ2n) is 3.63. The number of ether oxygens (including phenoxy) is 2. The summed E-state index contributed by atoms with van der Waals surface area (Å²) in [5, 5.41) is 0.357. The third-order valence-corrected chi connectivity index (χ3v) is 2.95. The van der Waals surface area contributed by atoms with E-state index in [-0.39, 0.29) is 15.6 Å². The topological polar surface area (TPSA) is 52.6 Å². The van der Waals surface area contributed by atoms with Crippen molar-refractivity contribution in [1.29, 1.82) is 0 Å². The predicted molar refractivity (Wildman–Crippen MR) is 65.5 cm³/mol. The molecule has 0 fully saturated rings. The fourth-order valence-corrected chi connectivity index (χ4v) is 1.97. The summed E-state index contributed by atoms with van der Waals surface area (Å²) in [6.07, 6.45) is 0.377. The fourth-order valence-electron chi connectivity index (χ4n) is 1.42. The van der Waals surface area contributed by atoms with Crippen LogP contribution in [0.5, 0.6) is 0 Å². The first kappa shape index (κ1) is 12.9. The number of halogens is 2. The van der Waals surface area contributed by atoms with Crippen molar-refractivity contribution in [2.75, 3.05) is 0 Å². The number of hydrogen-bond donors (Lipinski definition) is 0. The third kappa shape index (κ3) is 2.49. The normalized spacial score (nSPS) is 18.3. The molecule has 1 aliphatic heterocycles. The van der Waals surface area contributed by atoms with Crippen molar-refractivity contribution in [1.82, 2.24) is 0 Å². The van der Waals surface area contributed by atoms with Crippen LogP contribution in [-0.4, -0.2) is 18.2 Å². The Bertz CT molecular complexity index is 531. The highest BCUT2D eigenvalue weighted by molar-refractivity contribution is 6.39. The lowest BCUT2D eigenvalue weighted by molar-refractivity contribution is -0.151. The van der Waals surface area contributed by atoms with Gasteiger partial charge in [-0.05, 0) is 19.1 Å². The Morgan fingerprint density at radius 2 is 1.94 bits per heavy atom. The first-order chi connectivity index (χ1) is 8.49. The molecule has 1 aromatic carbocycles. The van der Waals surface area contributed by atoms with Gasteiger partial charge in [-0.1, -0.05) is 29.3 Å². The van der Waals surface area contributed by atoms with Crippen molar-refractivity contribution in [2.45, 2.75) is 13.2 Å². The van der Waals surface area contributed by atoms with Crippen LogP contribution >= 0.6 is 23.2 Å². The first-order valence-corrected chi connectivity index (χ1v) is 5.79. The summed E-state index contributed by atoms with van der Waals surface area (Å²) in [6, 6.07) is 4.65. The van der Waals surface area contributed by atoms with Crippen LogP contribution in [0.4, 0.5) is 0 Å². The van der Waals surface area contributed by atoms with Gasteiger partial charge in [0.2, 0.25) is 0 Å². The Morgan fingerprint density at radius 3 is 2.44 bits per heavy atom. The molecule has 0 amide bonds. The highest BCUT2D eigenvalue weighted by Gasteiger charge is 2.27. The Hall–Kier alpha value is -1.52. The second-order valence-corrected chi connectivity index (χ2v) is 4.44. The van der Waals surface area contributed by atoms with Crippen LogP contribution < -0.4 is 0 Å². The zero-order valence-corrected chi connectivity index (χ0v) is 10.8. The van der Waals surface area contributed by atoms with E-state index in [0.29, 0.717) is 5.57 Å². The van der Waals surface area contributed by atoms with Crippen LogP contribution in [0.25, 0.3) is 0 Å². The molecule has 18 heavy (non-hydrogen) atoms. The number of benzene rings is 1. The van der Waals surface area contributed by atoms with Gasteiger partial charge < -0.3 is 9.47 Å². The Morgan fingerprint density at radius 1 is 1.33 bits per heavy atom. The van der Waals surface area contributed by atoms with E-state index in [9.17, 15) is 9.59 Å². The first-order valence-electron chi connectivity index (χ1n) is 5.03. The SMILES string of the molecule is CC1=CC(OC(=O)c2c(Cl)cccc2Cl)OC1=O. The lowest BCUT2D eigenvalue weighted by Gasteiger charge is -2.11. The largest absolute Gasteiger partial charge is 0.418 e. The van der Waals surface area contributed by atoms with Gasteiger partial charge in [-0.3, -0.25) is 0 Å². The molecule has 1 aliphatic rings. The van der Waals surface area contributed by atoms with E-state index in [1.165, 1.54) is 18.2 Å². The number of hydrogen-bond acceptors (Lipinski definition) is 4. The lowest BCUT2D eigenvalue weighted by Crippen LogP contribution is -2.18. The number of rotatable bonds is 2. The minimum Gasteiger partial charge on any atom is -0.418 e. The Labute approximate surface area is 113 Å². The quantitative estimate of drug-likeness (QED) is 0.785. The van der Waals surface area contributed by atoms with E-state index in [4.69, 9.17) is 32.7 Å². The summed E-state index contributed by atoms with van der Waals surface area (Å²) < 4.78 is 9.76. The molecular formula is C12H8Cl2O4. The average molecular weight is 287 g/mol. The van der Waals surface area contributed by atoms with Gasteiger partial charge >= 0.3 is 11.9 Å². The fraction of sp³-hybridized carbons (Fsp3) is 0.167. The molecule has 94 valence electrons. The van der Waals surface area contributed by atoms with E-state index in [2.05, 4.69) is 0 Å².